The molecule has 0 aliphatic rings. The van der Waals surface area contributed by atoms with E-state index in [1.54, 1.807) is 0 Å². The molecule has 0 saturated heterocycles. The van der Waals surface area contributed by atoms with Crippen molar-refractivity contribution in [3.8, 4) is 0 Å². The number of nitrogens with one attached hydrogen (secondary N) is 1. The van der Waals surface area contributed by atoms with Crippen molar-refractivity contribution in [1.82, 2.24) is 0 Å². The molecule has 1 rings (SSSR count). The highest BCUT2D eigenvalue weighted by atomic mass is 16.1. The van der Waals surface area contributed by atoms with Crippen LogP contribution in [0.25, 0.3) is 0 Å². The lowest BCUT2D eigenvalue weighted by molar-refractivity contribution is -0.113. The van der Waals surface area contributed by atoms with E-state index in [-0.39, 0.29) is 0 Å². The van der Waals surface area contributed by atoms with Gasteiger partial charge in [0.2, 0.25) is 0 Å². The molecule has 13 heavy (non-hydrogen) atoms. The molecule has 0 fully saturated rings. The highest BCUT2D eigenvalue weighted by molar-refractivity contribution is 5.87. The molecule has 1 amide bonds. The van der Waals surface area contributed by atoms with Crippen LogP contribution >= 0.6 is 0 Å². The van der Waals surface area contributed by atoms with Crippen LogP contribution < -0.4 is 5.43 Å². The summed E-state index contributed by atoms with van der Waals surface area (Å²) in [5.41, 5.74) is 3.38. The summed E-state index contributed by atoms with van der Waals surface area (Å²) in [4.78, 5) is 10.6. The maximum absolute atomic E-state index is 10.6. The van der Waals surface area contributed by atoms with Crippen molar-refractivity contribution in [3.63, 3.8) is 0 Å². The number of carbonyl (C=O) groups excluding carboxylic acids is 1. The molecule has 0 spiro atoms. The Bertz CT molecular complexity index is 319. The van der Waals surface area contributed by atoms with Crippen LogP contribution in [0.15, 0.2) is 53.3 Å². The van der Waals surface area contributed by atoms with Gasteiger partial charge in [0, 0.05) is 0 Å². The van der Waals surface area contributed by atoms with E-state index >= 15 is 0 Å². The van der Waals surface area contributed by atoms with Gasteiger partial charge in [-0.1, -0.05) is 35.1 Å². The molecule has 4 nitrogen and oxygen atoms in total. The fourth-order valence-electron chi connectivity index (χ4n) is 0.686. The Morgan fingerprint density at radius 3 is 2.69 bits per heavy atom. The van der Waals surface area contributed by atoms with Gasteiger partial charge in [0.05, 0.1) is 5.69 Å². The molecule has 66 valence electrons. The lowest BCUT2D eigenvalue weighted by Gasteiger charge is -1.95. The van der Waals surface area contributed by atoms with Crippen molar-refractivity contribution in [2.75, 3.05) is 5.43 Å². The van der Waals surface area contributed by atoms with Gasteiger partial charge in [0.1, 0.15) is 0 Å². The van der Waals surface area contributed by atoms with Crippen molar-refractivity contribution >= 4 is 11.6 Å². The maximum atomic E-state index is 10.6. The number of para-hydroxylation sites is 1. The Morgan fingerprint density at radius 2 is 2.08 bits per heavy atom. The summed E-state index contributed by atoms with van der Waals surface area (Å²) in [6.45, 7) is 3.26. The third kappa shape index (κ3) is 3.29. The summed E-state index contributed by atoms with van der Waals surface area (Å²) in [7, 11) is 0. The summed E-state index contributed by atoms with van der Waals surface area (Å²) in [5.74, 6) is -0.469. The average Bonchev–Trinajstić information content (AvgIpc) is 2.19. The minimum atomic E-state index is -0.469. The van der Waals surface area contributed by atoms with Crippen LogP contribution in [0.1, 0.15) is 0 Å². The van der Waals surface area contributed by atoms with Crippen LogP contribution in [0.5, 0.6) is 0 Å². The lowest BCUT2D eigenvalue weighted by Crippen LogP contribution is -1.89. The van der Waals surface area contributed by atoms with E-state index < -0.39 is 5.91 Å². The summed E-state index contributed by atoms with van der Waals surface area (Å²) in [6, 6.07) is 9.23. The second-order valence-electron chi connectivity index (χ2n) is 2.22. The second-order valence-corrected chi connectivity index (χ2v) is 2.22. The number of rotatable bonds is 3. The Labute approximate surface area is 76.0 Å². The maximum Gasteiger partial charge on any atom is 0.289 e. The molecule has 1 aromatic carbocycles. The first-order chi connectivity index (χ1) is 6.33. The molecular weight excluding hydrogens is 166 g/mol. The molecular formula is C9H9N3O. The van der Waals surface area contributed by atoms with Gasteiger partial charge in [-0.3, -0.25) is 10.2 Å². The Hall–Kier alpha value is -1.97. The van der Waals surface area contributed by atoms with Gasteiger partial charge in [-0.25, -0.2) is 0 Å². The van der Waals surface area contributed by atoms with Gasteiger partial charge in [-0.05, 0) is 18.2 Å². The van der Waals surface area contributed by atoms with Gasteiger partial charge >= 0.3 is 0 Å². The predicted molar refractivity (Wildman–Crippen MR) is 50.1 cm³/mol. The van der Waals surface area contributed by atoms with E-state index in [4.69, 9.17) is 0 Å². The van der Waals surface area contributed by atoms with Gasteiger partial charge < -0.3 is 0 Å². The normalized spacial score (nSPS) is 9.85. The highest BCUT2D eigenvalue weighted by Gasteiger charge is 1.88. The molecule has 0 unspecified atom stereocenters. The van der Waals surface area contributed by atoms with Crippen molar-refractivity contribution < 1.29 is 4.79 Å². The molecule has 0 radical (unpaired) electrons. The number of carbonyl (C=O) groups is 1. The van der Waals surface area contributed by atoms with Crippen LogP contribution in [0.3, 0.4) is 0 Å². The Kier molecular flexibility index (Phi) is 3.38. The second kappa shape index (κ2) is 4.82. The van der Waals surface area contributed by atoms with Gasteiger partial charge in [-0.2, -0.15) is 0 Å². The van der Waals surface area contributed by atoms with Crippen LogP contribution in [-0.2, 0) is 4.79 Å². The molecule has 0 bridgehead atoms. The monoisotopic (exact) mass is 175 g/mol. The Balaban J connectivity index is 2.48. The van der Waals surface area contributed by atoms with E-state index in [2.05, 4.69) is 22.3 Å². The van der Waals surface area contributed by atoms with Crippen LogP contribution in [0.4, 0.5) is 5.69 Å². The van der Waals surface area contributed by atoms with Gasteiger partial charge in [0.15, 0.2) is 0 Å². The lowest BCUT2D eigenvalue weighted by atomic mass is 10.3. The molecule has 0 saturated carbocycles. The van der Waals surface area contributed by atoms with E-state index in [0.29, 0.717) is 0 Å². The summed E-state index contributed by atoms with van der Waals surface area (Å²) < 4.78 is 0. The van der Waals surface area contributed by atoms with Crippen molar-refractivity contribution in [2.45, 2.75) is 0 Å². The smallest absolute Gasteiger partial charge is 0.266 e. The highest BCUT2D eigenvalue weighted by Crippen LogP contribution is 2.04. The van der Waals surface area contributed by atoms with Crippen molar-refractivity contribution in [1.29, 1.82) is 0 Å². The van der Waals surface area contributed by atoms with Crippen LogP contribution in [-0.4, -0.2) is 5.91 Å². The molecule has 1 N–H and O–H groups in total. The minimum Gasteiger partial charge on any atom is -0.266 e. The number of hydrogen-bond donors (Lipinski definition) is 1. The van der Waals surface area contributed by atoms with E-state index in [1.165, 1.54) is 0 Å². The van der Waals surface area contributed by atoms with E-state index in [9.17, 15) is 4.79 Å². The number of benzene rings is 1. The summed E-state index contributed by atoms with van der Waals surface area (Å²) in [5, 5.41) is 6.76. The summed E-state index contributed by atoms with van der Waals surface area (Å²) in [6.07, 6.45) is 1.09. The zero-order valence-electron chi connectivity index (χ0n) is 6.97. The minimum absolute atomic E-state index is 0.469. The molecule has 0 aliphatic carbocycles. The standard InChI is InChI=1S/C9H9N3O/c1-2-9(13)11-12-10-8-6-4-3-5-7-8/h2-7H,1H2,(H,10,11,13). The summed E-state index contributed by atoms with van der Waals surface area (Å²) >= 11 is 0. The molecule has 0 heterocycles. The molecule has 0 atom stereocenters. The first kappa shape index (κ1) is 9.12. The molecule has 4 heteroatoms. The van der Waals surface area contributed by atoms with E-state index in [1.807, 2.05) is 30.3 Å². The number of amides is 1. The van der Waals surface area contributed by atoms with Gasteiger partial charge in [-0.15, -0.1) is 0 Å². The van der Waals surface area contributed by atoms with Crippen LogP contribution in [0, 0.1) is 0 Å². The first-order valence-corrected chi connectivity index (χ1v) is 3.71. The SMILES string of the molecule is C=CC(=O)N=NNc1ccccc1. The Morgan fingerprint density at radius 1 is 1.38 bits per heavy atom. The molecule has 1 aromatic rings. The number of hydrogen-bond acceptors (Lipinski definition) is 2. The largest absolute Gasteiger partial charge is 0.289 e. The van der Waals surface area contributed by atoms with Gasteiger partial charge in [0.25, 0.3) is 5.91 Å². The van der Waals surface area contributed by atoms with E-state index in [0.717, 1.165) is 11.8 Å². The van der Waals surface area contributed by atoms with Crippen molar-refractivity contribution in [2.24, 2.45) is 10.3 Å². The third-order valence-corrected chi connectivity index (χ3v) is 1.28. The zero-order chi connectivity index (χ0) is 9.52. The number of nitrogens with zero attached hydrogens (tertiary/aromatic N) is 2. The first-order valence-electron chi connectivity index (χ1n) is 3.71. The average molecular weight is 175 g/mol. The fraction of sp³-hybridized carbons (Fsp3) is 0. The third-order valence-electron chi connectivity index (χ3n) is 1.28. The topological polar surface area (TPSA) is 53.8 Å². The predicted octanol–water partition coefficient (Wildman–Crippen LogP) is 2.18. The zero-order valence-corrected chi connectivity index (χ0v) is 6.97. The van der Waals surface area contributed by atoms with Crippen LogP contribution in [0.2, 0.25) is 0 Å². The van der Waals surface area contributed by atoms with Crippen molar-refractivity contribution in [3.05, 3.63) is 43.0 Å². The molecule has 0 aliphatic heterocycles. The fourth-order valence-corrected chi connectivity index (χ4v) is 0.686. The number of anilines is 1. The quantitative estimate of drug-likeness (QED) is 0.435. The molecule has 0 aromatic heterocycles.